The van der Waals surface area contributed by atoms with Crippen LogP contribution in [0.2, 0.25) is 10.0 Å². The van der Waals surface area contributed by atoms with E-state index in [0.29, 0.717) is 21.3 Å². The van der Waals surface area contributed by atoms with Crippen molar-refractivity contribution in [1.82, 2.24) is 5.32 Å². The highest BCUT2D eigenvalue weighted by Gasteiger charge is 2.36. The molecule has 0 radical (unpaired) electrons. The zero-order valence-electron chi connectivity index (χ0n) is 13.0. The summed E-state index contributed by atoms with van der Waals surface area (Å²) in [6.07, 6.45) is 1.34. The number of hydrogen-bond acceptors (Lipinski definition) is 3. The first-order valence-corrected chi connectivity index (χ1v) is 8.05. The number of aryl methyl sites for hydroxylation is 1. The Morgan fingerprint density at radius 2 is 1.68 bits per heavy atom. The van der Waals surface area contributed by atoms with Gasteiger partial charge in [-0.1, -0.05) is 47.0 Å². The Morgan fingerprint density at radius 3 is 2.32 bits per heavy atom. The van der Waals surface area contributed by atoms with Gasteiger partial charge in [0.05, 0.1) is 5.69 Å². The molecule has 25 heavy (non-hydrogen) atoms. The third kappa shape index (κ3) is 3.43. The topological polar surface area (TPSA) is 66.5 Å². The Kier molecular flexibility index (Phi) is 4.61. The fraction of sp³-hybridized carbons (Fsp3) is 0.0556. The van der Waals surface area contributed by atoms with E-state index in [2.05, 4.69) is 5.32 Å². The van der Waals surface area contributed by atoms with Crippen molar-refractivity contribution in [3.63, 3.8) is 0 Å². The molecule has 5 nitrogen and oxygen atoms in total. The Balaban J connectivity index is 2.03. The molecule has 0 saturated carbocycles. The fourth-order valence-corrected chi connectivity index (χ4v) is 2.82. The number of rotatable bonds is 2. The number of nitrogens with zero attached hydrogens (tertiary/aromatic N) is 1. The zero-order valence-corrected chi connectivity index (χ0v) is 14.6. The quantitative estimate of drug-likeness (QED) is 0.638. The molecule has 0 bridgehead atoms. The van der Waals surface area contributed by atoms with Crippen LogP contribution in [0.3, 0.4) is 0 Å². The summed E-state index contributed by atoms with van der Waals surface area (Å²) < 4.78 is 0. The van der Waals surface area contributed by atoms with Gasteiger partial charge in [-0.25, -0.2) is 9.69 Å². The molecule has 0 spiro atoms. The summed E-state index contributed by atoms with van der Waals surface area (Å²) in [7, 11) is 0. The van der Waals surface area contributed by atoms with Crippen molar-refractivity contribution < 1.29 is 14.4 Å². The summed E-state index contributed by atoms with van der Waals surface area (Å²) >= 11 is 11.9. The molecule has 1 saturated heterocycles. The molecule has 1 aliphatic heterocycles. The summed E-state index contributed by atoms with van der Waals surface area (Å²) in [5, 5.41) is 2.89. The van der Waals surface area contributed by atoms with Crippen molar-refractivity contribution in [3.05, 3.63) is 69.2 Å². The third-order valence-electron chi connectivity index (χ3n) is 3.66. The average molecular weight is 375 g/mol. The number of urea groups is 1. The van der Waals surface area contributed by atoms with E-state index in [1.165, 1.54) is 12.1 Å². The van der Waals surface area contributed by atoms with E-state index in [0.717, 1.165) is 10.5 Å². The summed E-state index contributed by atoms with van der Waals surface area (Å²) in [6.45, 7) is 1.89. The molecule has 0 aliphatic carbocycles. The van der Waals surface area contributed by atoms with E-state index in [4.69, 9.17) is 23.2 Å². The van der Waals surface area contributed by atoms with Crippen molar-refractivity contribution in [2.75, 3.05) is 4.90 Å². The molecule has 2 aromatic rings. The molecule has 7 heteroatoms. The van der Waals surface area contributed by atoms with Crippen LogP contribution in [0.1, 0.15) is 11.1 Å². The van der Waals surface area contributed by atoms with Gasteiger partial charge in [0.25, 0.3) is 11.8 Å². The molecule has 0 aromatic heterocycles. The molecule has 1 N–H and O–H groups in total. The number of amides is 4. The van der Waals surface area contributed by atoms with Gasteiger partial charge < -0.3 is 0 Å². The number of barbiturate groups is 1. The van der Waals surface area contributed by atoms with Crippen LogP contribution in [0.4, 0.5) is 10.5 Å². The van der Waals surface area contributed by atoms with Crippen LogP contribution in [-0.2, 0) is 9.59 Å². The van der Waals surface area contributed by atoms with Crippen LogP contribution in [0.15, 0.2) is 48.0 Å². The predicted molar refractivity (Wildman–Crippen MR) is 96.6 cm³/mol. The second-order valence-corrected chi connectivity index (χ2v) is 6.30. The van der Waals surface area contributed by atoms with Gasteiger partial charge in [0.15, 0.2) is 0 Å². The first-order chi connectivity index (χ1) is 11.9. The Hall–Kier alpha value is -2.63. The number of carbonyl (C=O) groups is 3. The summed E-state index contributed by atoms with van der Waals surface area (Å²) in [4.78, 5) is 37.9. The number of anilines is 1. The number of carbonyl (C=O) groups excluding carboxylic acids is 3. The van der Waals surface area contributed by atoms with E-state index >= 15 is 0 Å². The lowest BCUT2D eigenvalue weighted by Crippen LogP contribution is -2.54. The number of hydrogen-bond donors (Lipinski definition) is 1. The van der Waals surface area contributed by atoms with Gasteiger partial charge in [0, 0.05) is 10.0 Å². The lowest BCUT2D eigenvalue weighted by molar-refractivity contribution is -0.122. The van der Waals surface area contributed by atoms with Crippen molar-refractivity contribution in [1.29, 1.82) is 0 Å². The minimum absolute atomic E-state index is 0.190. The highest BCUT2D eigenvalue weighted by Crippen LogP contribution is 2.26. The van der Waals surface area contributed by atoms with Crippen LogP contribution in [0.5, 0.6) is 0 Å². The number of imide groups is 2. The molecule has 0 atom stereocenters. The van der Waals surface area contributed by atoms with Crippen molar-refractivity contribution in [3.8, 4) is 0 Å². The van der Waals surface area contributed by atoms with Crippen molar-refractivity contribution in [2.45, 2.75) is 6.92 Å². The second-order valence-electron chi connectivity index (χ2n) is 5.46. The van der Waals surface area contributed by atoms with Crippen LogP contribution >= 0.6 is 23.2 Å². The third-order valence-corrected chi connectivity index (χ3v) is 4.22. The highest BCUT2D eigenvalue weighted by atomic mass is 35.5. The van der Waals surface area contributed by atoms with Crippen molar-refractivity contribution in [2.24, 2.45) is 0 Å². The van der Waals surface area contributed by atoms with Crippen molar-refractivity contribution >= 4 is 52.8 Å². The normalized spacial score (nSPS) is 16.4. The summed E-state index contributed by atoms with van der Waals surface area (Å²) in [6, 6.07) is 10.7. The molecule has 1 fully saturated rings. The first-order valence-electron chi connectivity index (χ1n) is 7.30. The standard InChI is InChI=1S/C18H12Cl2N2O3/c1-10-2-6-13(7-3-10)22-17(24)14(16(23)21-18(22)25)8-11-4-5-12(19)9-15(11)20/h2-9H,1H3,(H,21,23,25)/b14-8+. The molecule has 3 rings (SSSR count). The molecule has 0 unspecified atom stereocenters. The number of benzene rings is 2. The SMILES string of the molecule is Cc1ccc(N2C(=O)NC(=O)/C(=C\c3ccc(Cl)cc3Cl)C2=O)cc1. The number of nitrogens with one attached hydrogen (secondary N) is 1. The molecular formula is C18H12Cl2N2O3. The lowest BCUT2D eigenvalue weighted by Gasteiger charge is -2.26. The maximum Gasteiger partial charge on any atom is 0.335 e. The van der Waals surface area contributed by atoms with E-state index in [-0.39, 0.29) is 5.57 Å². The largest absolute Gasteiger partial charge is 0.335 e. The van der Waals surface area contributed by atoms with Gasteiger partial charge in [-0.05, 0) is 42.8 Å². The van der Waals surface area contributed by atoms with Crippen LogP contribution in [-0.4, -0.2) is 17.8 Å². The summed E-state index contributed by atoms with van der Waals surface area (Å²) in [5.41, 5.74) is 1.61. The minimum Gasteiger partial charge on any atom is -0.273 e. The van der Waals surface area contributed by atoms with E-state index < -0.39 is 17.8 Å². The van der Waals surface area contributed by atoms with Gasteiger partial charge in [0.2, 0.25) is 0 Å². The molecule has 2 aromatic carbocycles. The van der Waals surface area contributed by atoms with Gasteiger partial charge in [0.1, 0.15) is 5.57 Å². The lowest BCUT2D eigenvalue weighted by atomic mass is 10.1. The fourth-order valence-electron chi connectivity index (χ4n) is 2.36. The average Bonchev–Trinajstić information content (AvgIpc) is 2.55. The van der Waals surface area contributed by atoms with Crippen LogP contribution in [0.25, 0.3) is 6.08 Å². The zero-order chi connectivity index (χ0) is 18.1. The van der Waals surface area contributed by atoms with E-state index in [1.807, 2.05) is 6.92 Å². The van der Waals surface area contributed by atoms with E-state index in [9.17, 15) is 14.4 Å². The molecular weight excluding hydrogens is 363 g/mol. The van der Waals surface area contributed by atoms with E-state index in [1.54, 1.807) is 36.4 Å². The molecule has 126 valence electrons. The van der Waals surface area contributed by atoms with Gasteiger partial charge in [-0.2, -0.15) is 0 Å². The Morgan fingerprint density at radius 1 is 1.00 bits per heavy atom. The first kappa shape index (κ1) is 17.2. The highest BCUT2D eigenvalue weighted by molar-refractivity contribution is 6.40. The monoisotopic (exact) mass is 374 g/mol. The van der Waals surface area contributed by atoms with Crippen LogP contribution < -0.4 is 10.2 Å². The molecule has 1 aliphatic rings. The number of halogens is 2. The molecule has 4 amide bonds. The van der Waals surface area contributed by atoms with Gasteiger partial charge >= 0.3 is 6.03 Å². The smallest absolute Gasteiger partial charge is 0.273 e. The van der Waals surface area contributed by atoms with Gasteiger partial charge in [-0.15, -0.1) is 0 Å². The predicted octanol–water partition coefficient (Wildman–Crippen LogP) is 3.97. The maximum atomic E-state index is 12.7. The summed E-state index contributed by atoms with van der Waals surface area (Å²) in [5.74, 6) is -1.49. The molecule has 1 heterocycles. The Labute approximate surface area is 153 Å². The van der Waals surface area contributed by atoms with Gasteiger partial charge in [-0.3, -0.25) is 14.9 Å². The maximum absolute atomic E-state index is 12.7. The van der Waals surface area contributed by atoms with Crippen LogP contribution in [0, 0.1) is 6.92 Å². The second kappa shape index (κ2) is 6.70. The Bertz CT molecular complexity index is 920. The minimum atomic E-state index is -0.793.